The fourth-order valence-corrected chi connectivity index (χ4v) is 2.10. The largest absolute Gasteiger partial charge is 0.317 e. The molecule has 1 N–H and O–H groups in total. The highest BCUT2D eigenvalue weighted by molar-refractivity contribution is 6.05. The first-order chi connectivity index (χ1) is 6.99. The molecular formula is C13H21NO. The molecule has 2 nitrogen and oxygen atoms in total. The van der Waals surface area contributed by atoms with Crippen molar-refractivity contribution in [3.05, 3.63) is 24.3 Å². The first kappa shape index (κ1) is 12.2. The van der Waals surface area contributed by atoms with Gasteiger partial charge in [-0.05, 0) is 42.5 Å². The highest BCUT2D eigenvalue weighted by Crippen LogP contribution is 2.39. The van der Waals surface area contributed by atoms with Crippen LogP contribution < -0.4 is 5.32 Å². The van der Waals surface area contributed by atoms with Crippen molar-refractivity contribution in [2.75, 3.05) is 13.1 Å². The Morgan fingerprint density at radius 2 is 2.20 bits per heavy atom. The van der Waals surface area contributed by atoms with Gasteiger partial charge in [-0.25, -0.2) is 0 Å². The molecule has 84 valence electrons. The van der Waals surface area contributed by atoms with Crippen LogP contribution in [0, 0.1) is 11.3 Å². The molecule has 0 aromatic rings. The van der Waals surface area contributed by atoms with E-state index in [1.807, 2.05) is 6.08 Å². The third-order valence-corrected chi connectivity index (χ3v) is 3.16. The third kappa shape index (κ3) is 2.78. The Balaban J connectivity index is 2.70. The van der Waals surface area contributed by atoms with Gasteiger partial charge in [-0.2, -0.15) is 0 Å². The van der Waals surface area contributed by atoms with E-state index in [2.05, 4.69) is 32.7 Å². The second-order valence-electron chi connectivity index (χ2n) is 4.74. The molecule has 0 heterocycles. The molecule has 0 saturated carbocycles. The molecule has 0 radical (unpaired) electrons. The van der Waals surface area contributed by atoms with E-state index in [4.69, 9.17) is 0 Å². The maximum Gasteiger partial charge on any atom is 0.181 e. The lowest BCUT2D eigenvalue weighted by Crippen LogP contribution is -2.32. The Hall–Kier alpha value is -0.890. The van der Waals surface area contributed by atoms with Crippen LogP contribution in [-0.2, 0) is 4.79 Å². The molecule has 2 heteroatoms. The summed E-state index contributed by atoms with van der Waals surface area (Å²) in [6.07, 6.45) is 4.66. The van der Waals surface area contributed by atoms with E-state index >= 15 is 0 Å². The zero-order chi connectivity index (χ0) is 11.5. The van der Waals surface area contributed by atoms with E-state index in [0.29, 0.717) is 0 Å². The van der Waals surface area contributed by atoms with E-state index in [9.17, 15) is 4.79 Å². The van der Waals surface area contributed by atoms with Gasteiger partial charge in [-0.15, -0.1) is 0 Å². The molecule has 0 fully saturated rings. The van der Waals surface area contributed by atoms with Crippen LogP contribution in [0.25, 0.3) is 0 Å². The molecule has 1 atom stereocenters. The van der Waals surface area contributed by atoms with Crippen molar-refractivity contribution < 1.29 is 4.79 Å². The summed E-state index contributed by atoms with van der Waals surface area (Å²) in [7, 11) is 0. The van der Waals surface area contributed by atoms with Gasteiger partial charge in [0.15, 0.2) is 5.78 Å². The zero-order valence-electron chi connectivity index (χ0n) is 9.97. The fourth-order valence-electron chi connectivity index (χ4n) is 2.10. The second kappa shape index (κ2) is 4.75. The van der Waals surface area contributed by atoms with Crippen LogP contribution in [-0.4, -0.2) is 18.9 Å². The summed E-state index contributed by atoms with van der Waals surface area (Å²) >= 11 is 0. The fraction of sp³-hybridized carbons (Fsp3) is 0.615. The Morgan fingerprint density at radius 3 is 2.80 bits per heavy atom. The third-order valence-electron chi connectivity index (χ3n) is 3.16. The minimum atomic E-state index is 0.0560. The number of carbonyl (C=O) groups is 1. The molecule has 0 amide bonds. The minimum absolute atomic E-state index is 0.0560. The average molecular weight is 207 g/mol. The molecule has 0 aromatic heterocycles. The number of nitrogens with one attached hydrogen (secondary N) is 1. The first-order valence-electron chi connectivity index (χ1n) is 5.62. The van der Waals surface area contributed by atoms with Crippen molar-refractivity contribution >= 4 is 5.78 Å². The number of ketones is 1. The quantitative estimate of drug-likeness (QED) is 0.566. The second-order valence-corrected chi connectivity index (χ2v) is 4.74. The summed E-state index contributed by atoms with van der Waals surface area (Å²) in [6, 6.07) is 0. The molecule has 0 aliphatic heterocycles. The lowest BCUT2D eigenvalue weighted by atomic mass is 9.69. The molecule has 1 rings (SSSR count). The molecule has 0 bridgehead atoms. The Labute approximate surface area is 92.4 Å². The summed E-state index contributed by atoms with van der Waals surface area (Å²) in [6.45, 7) is 12.3. The Kier molecular flexibility index (Phi) is 3.86. The maximum absolute atomic E-state index is 11.5. The first-order valence-corrected chi connectivity index (χ1v) is 5.62. The van der Waals surface area contributed by atoms with E-state index in [0.717, 1.165) is 25.1 Å². The molecule has 0 saturated heterocycles. The van der Waals surface area contributed by atoms with Gasteiger partial charge in [0.05, 0.1) is 0 Å². The lowest BCUT2D eigenvalue weighted by molar-refractivity contribution is -0.112. The summed E-state index contributed by atoms with van der Waals surface area (Å²) in [5, 5.41) is 3.29. The zero-order valence-corrected chi connectivity index (χ0v) is 9.97. The molecule has 0 spiro atoms. The molecule has 1 aliphatic carbocycles. The highest BCUT2D eigenvalue weighted by Gasteiger charge is 2.34. The predicted octanol–water partition coefficient (Wildman–Crippen LogP) is 2.32. The van der Waals surface area contributed by atoms with Gasteiger partial charge in [0.1, 0.15) is 0 Å². The topological polar surface area (TPSA) is 29.1 Å². The van der Waals surface area contributed by atoms with E-state index < -0.39 is 0 Å². The highest BCUT2D eigenvalue weighted by atomic mass is 16.1. The van der Waals surface area contributed by atoms with Gasteiger partial charge in [-0.3, -0.25) is 4.79 Å². The van der Waals surface area contributed by atoms with Crippen molar-refractivity contribution in [1.82, 2.24) is 5.32 Å². The summed E-state index contributed by atoms with van der Waals surface area (Å²) in [5.74, 6) is 0.366. The number of allylic oxidation sites excluding steroid dienone is 3. The summed E-state index contributed by atoms with van der Waals surface area (Å²) in [4.78, 5) is 11.5. The van der Waals surface area contributed by atoms with Crippen LogP contribution in [0.3, 0.4) is 0 Å². The Bertz CT molecular complexity index is 289. The van der Waals surface area contributed by atoms with Crippen molar-refractivity contribution in [3.8, 4) is 0 Å². The summed E-state index contributed by atoms with van der Waals surface area (Å²) < 4.78 is 0. The van der Waals surface area contributed by atoms with Crippen LogP contribution in [0.4, 0.5) is 0 Å². The number of hydrogen-bond acceptors (Lipinski definition) is 2. The number of carbonyl (C=O) groups excluding carboxylic acids is 1. The monoisotopic (exact) mass is 207 g/mol. The predicted molar refractivity (Wildman–Crippen MR) is 63.7 cm³/mol. The van der Waals surface area contributed by atoms with Gasteiger partial charge in [0.25, 0.3) is 0 Å². The van der Waals surface area contributed by atoms with Gasteiger partial charge < -0.3 is 5.32 Å². The van der Waals surface area contributed by atoms with Gasteiger partial charge >= 0.3 is 0 Å². The van der Waals surface area contributed by atoms with Crippen LogP contribution in [0.1, 0.15) is 27.2 Å². The standard InChI is InChI=1S/C13H21NO/c1-5-14-9-7-11-10(2)12(15)6-8-13(11,3)4/h6,8,11,14H,2,5,7,9H2,1,3-4H3. The van der Waals surface area contributed by atoms with Crippen molar-refractivity contribution in [2.24, 2.45) is 11.3 Å². The van der Waals surface area contributed by atoms with Crippen molar-refractivity contribution in [2.45, 2.75) is 27.2 Å². The normalized spacial score (nSPS) is 24.6. The molecule has 15 heavy (non-hydrogen) atoms. The molecular weight excluding hydrogens is 186 g/mol. The average Bonchev–Trinajstić information content (AvgIpc) is 2.18. The van der Waals surface area contributed by atoms with Crippen LogP contribution in [0.15, 0.2) is 24.3 Å². The maximum atomic E-state index is 11.5. The van der Waals surface area contributed by atoms with Gasteiger partial charge in [-0.1, -0.05) is 33.4 Å². The Morgan fingerprint density at radius 1 is 1.53 bits per heavy atom. The number of hydrogen-bond donors (Lipinski definition) is 1. The molecule has 1 unspecified atom stereocenters. The SMILES string of the molecule is C=C1C(=O)C=CC(C)(C)C1CCNCC. The van der Waals surface area contributed by atoms with Crippen molar-refractivity contribution in [1.29, 1.82) is 0 Å². The van der Waals surface area contributed by atoms with E-state index in [1.54, 1.807) is 6.08 Å². The van der Waals surface area contributed by atoms with Gasteiger partial charge in [0.2, 0.25) is 0 Å². The lowest BCUT2D eigenvalue weighted by Gasteiger charge is -2.35. The van der Waals surface area contributed by atoms with E-state index in [1.165, 1.54) is 0 Å². The van der Waals surface area contributed by atoms with Crippen LogP contribution in [0.2, 0.25) is 0 Å². The smallest absolute Gasteiger partial charge is 0.181 e. The van der Waals surface area contributed by atoms with Crippen molar-refractivity contribution in [3.63, 3.8) is 0 Å². The van der Waals surface area contributed by atoms with Crippen LogP contribution in [0.5, 0.6) is 0 Å². The molecule has 1 aliphatic rings. The summed E-state index contributed by atoms with van der Waals surface area (Å²) in [5.41, 5.74) is 0.820. The van der Waals surface area contributed by atoms with E-state index in [-0.39, 0.29) is 17.1 Å². The molecule has 0 aromatic carbocycles. The minimum Gasteiger partial charge on any atom is -0.317 e. The van der Waals surface area contributed by atoms with Gasteiger partial charge in [0, 0.05) is 0 Å². The number of rotatable bonds is 4. The van der Waals surface area contributed by atoms with Crippen LogP contribution >= 0.6 is 0 Å².